The van der Waals surface area contributed by atoms with Crippen molar-refractivity contribution >= 4 is 23.2 Å². The van der Waals surface area contributed by atoms with Crippen LogP contribution in [0.3, 0.4) is 0 Å². The van der Waals surface area contributed by atoms with Gasteiger partial charge in [0.1, 0.15) is 11.5 Å². The lowest BCUT2D eigenvalue weighted by atomic mass is 9.87. The smallest absolute Gasteiger partial charge is 0.228 e. The number of rotatable bonds is 3. The Morgan fingerprint density at radius 2 is 2.17 bits per heavy atom. The van der Waals surface area contributed by atoms with Gasteiger partial charge in [0.15, 0.2) is 0 Å². The fourth-order valence-electron chi connectivity index (χ4n) is 3.69. The van der Waals surface area contributed by atoms with Crippen LogP contribution in [0.5, 0.6) is 11.5 Å². The monoisotopic (exact) mass is 343 g/mol. The summed E-state index contributed by atoms with van der Waals surface area (Å²) in [5, 5.41) is 3.68. The summed E-state index contributed by atoms with van der Waals surface area (Å²) in [5.41, 5.74) is 1.61. The number of carbonyl (C=O) groups excluding carboxylic acids is 1. The van der Waals surface area contributed by atoms with E-state index >= 15 is 0 Å². The topological polar surface area (TPSA) is 47.6 Å². The maximum absolute atomic E-state index is 12.8. The van der Waals surface area contributed by atoms with Crippen molar-refractivity contribution in [3.63, 3.8) is 0 Å². The van der Waals surface area contributed by atoms with Gasteiger partial charge in [-0.2, -0.15) is 0 Å². The molecule has 0 aromatic heterocycles. The van der Waals surface area contributed by atoms with E-state index < -0.39 is 0 Å². The Labute approximate surface area is 145 Å². The van der Waals surface area contributed by atoms with Gasteiger partial charge in [0, 0.05) is 21.9 Å². The van der Waals surface area contributed by atoms with E-state index in [4.69, 9.17) is 21.1 Å². The van der Waals surface area contributed by atoms with E-state index in [2.05, 4.69) is 5.32 Å². The van der Waals surface area contributed by atoms with Crippen molar-refractivity contribution in [2.45, 2.75) is 18.3 Å². The largest absolute Gasteiger partial charge is 0.495 e. The first-order valence-corrected chi connectivity index (χ1v) is 8.38. The van der Waals surface area contributed by atoms with Crippen LogP contribution in [-0.4, -0.2) is 19.6 Å². The SMILES string of the molecule is COc1ccccc1NC(=O)[C@@H]1C[C@]12CCOc1ccc(Cl)cc12. The Bertz CT molecular complexity index is 807. The summed E-state index contributed by atoms with van der Waals surface area (Å²) in [6.07, 6.45) is 1.66. The molecule has 2 aromatic rings. The number of amides is 1. The van der Waals surface area contributed by atoms with E-state index in [0.717, 1.165) is 24.2 Å². The Kier molecular flexibility index (Phi) is 3.65. The van der Waals surface area contributed by atoms with Crippen LogP contribution >= 0.6 is 11.6 Å². The van der Waals surface area contributed by atoms with Crippen LogP contribution in [0.25, 0.3) is 0 Å². The Morgan fingerprint density at radius 3 is 3.00 bits per heavy atom. The molecule has 0 saturated heterocycles. The zero-order valence-electron chi connectivity index (χ0n) is 13.3. The highest BCUT2D eigenvalue weighted by Crippen LogP contribution is 2.61. The molecular formula is C19H18ClNO3. The Morgan fingerprint density at radius 1 is 1.33 bits per heavy atom. The normalized spacial score (nSPS) is 24.0. The van der Waals surface area contributed by atoms with E-state index in [1.807, 2.05) is 42.5 Å². The fraction of sp³-hybridized carbons (Fsp3) is 0.316. The minimum atomic E-state index is -0.148. The lowest BCUT2D eigenvalue weighted by Crippen LogP contribution is -2.26. The number of nitrogens with one attached hydrogen (secondary N) is 1. The van der Waals surface area contributed by atoms with Crippen LogP contribution in [0, 0.1) is 5.92 Å². The van der Waals surface area contributed by atoms with Crippen molar-refractivity contribution in [3.05, 3.63) is 53.1 Å². The van der Waals surface area contributed by atoms with Crippen molar-refractivity contribution in [3.8, 4) is 11.5 Å². The third-order valence-corrected chi connectivity index (χ3v) is 5.28. The van der Waals surface area contributed by atoms with Gasteiger partial charge in [-0.15, -0.1) is 0 Å². The molecule has 0 unspecified atom stereocenters. The van der Waals surface area contributed by atoms with E-state index in [9.17, 15) is 4.79 Å². The molecule has 4 nitrogen and oxygen atoms in total. The number of anilines is 1. The number of hydrogen-bond acceptors (Lipinski definition) is 3. The molecule has 1 fully saturated rings. The number of carbonyl (C=O) groups is 1. The molecule has 1 N–H and O–H groups in total. The van der Waals surface area contributed by atoms with Crippen LogP contribution < -0.4 is 14.8 Å². The summed E-state index contributed by atoms with van der Waals surface area (Å²) >= 11 is 6.16. The summed E-state index contributed by atoms with van der Waals surface area (Å²) < 4.78 is 11.0. The average molecular weight is 344 g/mol. The summed E-state index contributed by atoms with van der Waals surface area (Å²) in [7, 11) is 1.60. The lowest BCUT2D eigenvalue weighted by molar-refractivity contribution is -0.117. The van der Waals surface area contributed by atoms with Crippen LogP contribution in [0.4, 0.5) is 5.69 Å². The maximum atomic E-state index is 12.8. The zero-order chi connectivity index (χ0) is 16.7. The average Bonchev–Trinajstić information content (AvgIpc) is 3.31. The number of ether oxygens (including phenoxy) is 2. The highest BCUT2D eigenvalue weighted by Gasteiger charge is 2.61. The quantitative estimate of drug-likeness (QED) is 0.915. The fourth-order valence-corrected chi connectivity index (χ4v) is 3.86. The molecule has 5 heteroatoms. The van der Waals surface area contributed by atoms with Gasteiger partial charge in [0.05, 0.1) is 19.4 Å². The third-order valence-electron chi connectivity index (χ3n) is 5.04. The van der Waals surface area contributed by atoms with Gasteiger partial charge in [-0.25, -0.2) is 0 Å². The molecule has 1 amide bonds. The molecule has 1 aliphatic carbocycles. The highest BCUT2D eigenvalue weighted by atomic mass is 35.5. The molecule has 1 saturated carbocycles. The van der Waals surface area contributed by atoms with E-state index in [-0.39, 0.29) is 17.2 Å². The van der Waals surface area contributed by atoms with Crippen molar-refractivity contribution in [1.82, 2.24) is 0 Å². The summed E-state index contributed by atoms with van der Waals surface area (Å²) in [6.45, 7) is 0.632. The van der Waals surface area contributed by atoms with Gasteiger partial charge >= 0.3 is 0 Å². The number of para-hydroxylation sites is 2. The maximum Gasteiger partial charge on any atom is 0.228 e. The molecule has 0 bridgehead atoms. The molecule has 2 atom stereocenters. The van der Waals surface area contributed by atoms with Crippen LogP contribution in [0.1, 0.15) is 18.4 Å². The standard InChI is InChI=1S/C19H18ClNO3/c1-23-17-5-3-2-4-15(17)21-18(22)14-11-19(14)8-9-24-16-7-6-12(20)10-13(16)19/h2-7,10,14H,8-9,11H2,1H3,(H,21,22)/t14-,19-/m0/s1. The first-order valence-electron chi connectivity index (χ1n) is 8.01. The van der Waals surface area contributed by atoms with Crippen LogP contribution in [0.15, 0.2) is 42.5 Å². The lowest BCUT2D eigenvalue weighted by Gasteiger charge is -2.27. The molecular weight excluding hydrogens is 326 g/mol. The zero-order valence-corrected chi connectivity index (χ0v) is 14.1. The van der Waals surface area contributed by atoms with Crippen LogP contribution in [0.2, 0.25) is 5.02 Å². The molecule has 2 aliphatic rings. The van der Waals surface area contributed by atoms with Crippen LogP contribution in [-0.2, 0) is 10.2 Å². The van der Waals surface area contributed by atoms with Gasteiger partial charge in [0.25, 0.3) is 0 Å². The molecule has 124 valence electrons. The van der Waals surface area contributed by atoms with Crippen molar-refractivity contribution in [2.24, 2.45) is 5.92 Å². The van der Waals surface area contributed by atoms with Gasteiger partial charge in [-0.1, -0.05) is 23.7 Å². The van der Waals surface area contributed by atoms with Crippen molar-refractivity contribution in [1.29, 1.82) is 0 Å². The van der Waals surface area contributed by atoms with Crippen molar-refractivity contribution < 1.29 is 14.3 Å². The predicted molar refractivity (Wildman–Crippen MR) is 93.0 cm³/mol. The number of hydrogen-bond donors (Lipinski definition) is 1. The summed E-state index contributed by atoms with van der Waals surface area (Å²) in [4.78, 5) is 12.8. The van der Waals surface area contributed by atoms with Gasteiger partial charge in [0.2, 0.25) is 5.91 Å². The molecule has 1 heterocycles. The Hall–Kier alpha value is -2.20. The first kappa shape index (κ1) is 15.3. The second kappa shape index (κ2) is 5.71. The van der Waals surface area contributed by atoms with E-state index in [1.54, 1.807) is 7.11 Å². The second-order valence-electron chi connectivity index (χ2n) is 6.34. The summed E-state index contributed by atoms with van der Waals surface area (Å²) in [6, 6.07) is 13.1. The summed E-state index contributed by atoms with van der Waals surface area (Å²) in [5.74, 6) is 1.46. The number of fused-ring (bicyclic) bond motifs is 2. The molecule has 4 rings (SSSR count). The van der Waals surface area contributed by atoms with Crippen molar-refractivity contribution in [2.75, 3.05) is 19.0 Å². The molecule has 0 radical (unpaired) electrons. The number of benzene rings is 2. The van der Waals surface area contributed by atoms with Gasteiger partial charge in [-0.05, 0) is 43.2 Å². The number of methoxy groups -OCH3 is 1. The molecule has 24 heavy (non-hydrogen) atoms. The van der Waals surface area contributed by atoms with Gasteiger partial charge in [-0.3, -0.25) is 4.79 Å². The minimum absolute atomic E-state index is 0.0207. The third kappa shape index (κ3) is 2.42. The second-order valence-corrected chi connectivity index (χ2v) is 6.78. The molecule has 1 spiro atoms. The van der Waals surface area contributed by atoms with Gasteiger partial charge < -0.3 is 14.8 Å². The van der Waals surface area contributed by atoms with E-state index in [1.165, 1.54) is 0 Å². The first-order chi connectivity index (χ1) is 11.6. The number of halogens is 1. The predicted octanol–water partition coefficient (Wildman–Crippen LogP) is 4.03. The highest BCUT2D eigenvalue weighted by molar-refractivity contribution is 6.30. The molecule has 1 aliphatic heterocycles. The minimum Gasteiger partial charge on any atom is -0.495 e. The molecule has 2 aromatic carbocycles. The Balaban J connectivity index is 1.58. The van der Waals surface area contributed by atoms with E-state index in [0.29, 0.717) is 23.1 Å².